The Morgan fingerprint density at radius 3 is 2.79 bits per heavy atom. The van der Waals surface area contributed by atoms with Gasteiger partial charge in [-0.1, -0.05) is 48.2 Å². The zero-order valence-corrected chi connectivity index (χ0v) is 16.9. The van der Waals surface area contributed by atoms with Gasteiger partial charge in [0.15, 0.2) is 0 Å². The maximum Gasteiger partial charge on any atom is 0.234 e. The number of methoxy groups -OCH3 is 1. The number of ether oxygens (including phenoxy) is 1. The van der Waals surface area contributed by atoms with Crippen molar-refractivity contribution in [2.45, 2.75) is 11.6 Å². The number of nitrogens with zero attached hydrogens (tertiary/aromatic N) is 2. The van der Waals surface area contributed by atoms with E-state index in [0.29, 0.717) is 5.75 Å². The number of hydrogen-bond acceptors (Lipinski definition) is 4. The maximum absolute atomic E-state index is 12.4. The van der Waals surface area contributed by atoms with Crippen molar-refractivity contribution in [1.82, 2.24) is 9.55 Å². The summed E-state index contributed by atoms with van der Waals surface area (Å²) in [5.41, 5.74) is 3.07. The lowest BCUT2D eigenvalue weighted by Gasteiger charge is -2.08. The Morgan fingerprint density at radius 1 is 1.10 bits per heavy atom. The summed E-state index contributed by atoms with van der Waals surface area (Å²) in [6.07, 6.45) is 3.87. The van der Waals surface area contributed by atoms with Gasteiger partial charge in [-0.15, -0.1) is 0 Å². The van der Waals surface area contributed by atoms with Crippen molar-refractivity contribution in [2.75, 3.05) is 18.2 Å². The molecule has 0 saturated heterocycles. The molecule has 6 heteroatoms. The summed E-state index contributed by atoms with van der Waals surface area (Å²) in [6.45, 7) is 0.800. The molecule has 0 aliphatic heterocycles. The van der Waals surface area contributed by atoms with Crippen LogP contribution in [-0.4, -0.2) is 28.3 Å². The molecule has 1 amide bonds. The van der Waals surface area contributed by atoms with Crippen molar-refractivity contribution < 1.29 is 9.53 Å². The van der Waals surface area contributed by atoms with Crippen LogP contribution in [0.25, 0.3) is 10.9 Å². The van der Waals surface area contributed by atoms with Gasteiger partial charge in [-0.2, -0.15) is 0 Å². The van der Waals surface area contributed by atoms with Gasteiger partial charge in [-0.05, 0) is 29.8 Å². The molecule has 0 fully saturated rings. The van der Waals surface area contributed by atoms with E-state index in [9.17, 15) is 4.79 Å². The zero-order valence-electron chi connectivity index (χ0n) is 16.0. The number of pyridine rings is 1. The SMILES string of the molecule is COc1cccc(NC(=O)CSc2nccc3c2ccn3Cc2ccccc2)c1. The summed E-state index contributed by atoms with van der Waals surface area (Å²) in [4.78, 5) is 16.8. The molecule has 4 aromatic rings. The number of carbonyl (C=O) groups is 1. The van der Waals surface area contributed by atoms with E-state index in [0.717, 1.165) is 28.2 Å². The highest BCUT2D eigenvalue weighted by Crippen LogP contribution is 2.27. The molecule has 2 aromatic heterocycles. The minimum Gasteiger partial charge on any atom is -0.497 e. The molecule has 0 aliphatic carbocycles. The molecule has 2 heterocycles. The first-order valence-electron chi connectivity index (χ1n) is 9.27. The van der Waals surface area contributed by atoms with E-state index in [1.54, 1.807) is 19.4 Å². The highest BCUT2D eigenvalue weighted by Gasteiger charge is 2.11. The fourth-order valence-electron chi connectivity index (χ4n) is 3.16. The topological polar surface area (TPSA) is 56.1 Å². The van der Waals surface area contributed by atoms with Crippen LogP contribution in [0.1, 0.15) is 5.56 Å². The summed E-state index contributed by atoms with van der Waals surface area (Å²) in [5, 5.41) is 4.81. The van der Waals surface area contributed by atoms with E-state index >= 15 is 0 Å². The monoisotopic (exact) mass is 403 g/mol. The lowest BCUT2D eigenvalue weighted by molar-refractivity contribution is -0.113. The van der Waals surface area contributed by atoms with Gasteiger partial charge in [-0.3, -0.25) is 4.79 Å². The molecular formula is C23H21N3O2S. The Kier molecular flexibility index (Phi) is 5.81. The number of anilines is 1. The largest absolute Gasteiger partial charge is 0.497 e. The number of thioether (sulfide) groups is 1. The number of hydrogen-bond donors (Lipinski definition) is 1. The normalized spacial score (nSPS) is 10.8. The second kappa shape index (κ2) is 8.84. The standard InChI is InChI=1S/C23H21N3O2S/c1-28-19-9-5-8-18(14-19)25-22(27)16-29-23-20-11-13-26(21(20)10-12-24-23)15-17-6-3-2-4-7-17/h2-14H,15-16H2,1H3,(H,25,27). The van der Waals surface area contributed by atoms with Crippen molar-refractivity contribution in [2.24, 2.45) is 0 Å². The van der Waals surface area contributed by atoms with Gasteiger partial charge in [0.2, 0.25) is 5.91 Å². The van der Waals surface area contributed by atoms with Crippen LogP contribution in [0.2, 0.25) is 0 Å². The first-order valence-corrected chi connectivity index (χ1v) is 10.3. The van der Waals surface area contributed by atoms with Gasteiger partial charge in [0.1, 0.15) is 10.8 Å². The first-order chi connectivity index (χ1) is 14.2. The fraction of sp³-hybridized carbons (Fsp3) is 0.130. The first kappa shape index (κ1) is 19.1. The smallest absolute Gasteiger partial charge is 0.234 e. The molecule has 0 bridgehead atoms. The van der Waals surface area contributed by atoms with Crippen LogP contribution >= 0.6 is 11.8 Å². The summed E-state index contributed by atoms with van der Waals surface area (Å²) >= 11 is 1.44. The van der Waals surface area contributed by atoms with Crippen LogP contribution in [0, 0.1) is 0 Å². The van der Waals surface area contributed by atoms with E-state index in [2.05, 4.69) is 39.3 Å². The average molecular weight is 404 g/mol. The molecule has 0 saturated carbocycles. The lowest BCUT2D eigenvalue weighted by Crippen LogP contribution is -2.14. The number of carbonyl (C=O) groups excluding carboxylic acids is 1. The Hall–Kier alpha value is -3.25. The van der Waals surface area contributed by atoms with Crippen molar-refractivity contribution in [3.05, 3.63) is 84.7 Å². The molecule has 0 unspecified atom stereocenters. The predicted octanol–water partition coefficient (Wildman–Crippen LogP) is 4.82. The molecule has 5 nitrogen and oxygen atoms in total. The van der Waals surface area contributed by atoms with Gasteiger partial charge in [0.05, 0.1) is 18.4 Å². The van der Waals surface area contributed by atoms with E-state index in [1.165, 1.54) is 17.3 Å². The number of nitrogens with one attached hydrogen (secondary N) is 1. The predicted molar refractivity (Wildman–Crippen MR) is 118 cm³/mol. The summed E-state index contributed by atoms with van der Waals surface area (Å²) in [7, 11) is 1.60. The van der Waals surface area contributed by atoms with E-state index < -0.39 is 0 Å². The summed E-state index contributed by atoms with van der Waals surface area (Å²) in [5.74, 6) is 0.917. The maximum atomic E-state index is 12.4. The fourth-order valence-corrected chi connectivity index (χ4v) is 3.96. The Balaban J connectivity index is 1.45. The third-order valence-electron chi connectivity index (χ3n) is 4.55. The Morgan fingerprint density at radius 2 is 1.97 bits per heavy atom. The number of fused-ring (bicyclic) bond motifs is 1. The number of amides is 1. The molecular weight excluding hydrogens is 382 g/mol. The highest BCUT2D eigenvalue weighted by atomic mass is 32.2. The van der Waals surface area contributed by atoms with E-state index in [4.69, 9.17) is 4.74 Å². The zero-order chi connectivity index (χ0) is 20.1. The molecule has 0 radical (unpaired) electrons. The second-order valence-electron chi connectivity index (χ2n) is 6.55. The van der Waals surface area contributed by atoms with Crippen molar-refractivity contribution in [3.8, 4) is 5.75 Å². The number of aromatic nitrogens is 2. The van der Waals surface area contributed by atoms with Gasteiger partial charge >= 0.3 is 0 Å². The molecule has 2 aromatic carbocycles. The molecule has 146 valence electrons. The van der Waals surface area contributed by atoms with E-state index in [1.807, 2.05) is 42.5 Å². The quantitative estimate of drug-likeness (QED) is 0.449. The van der Waals surface area contributed by atoms with Gasteiger partial charge in [-0.25, -0.2) is 4.98 Å². The highest BCUT2D eigenvalue weighted by molar-refractivity contribution is 8.00. The van der Waals surface area contributed by atoms with Gasteiger partial charge < -0.3 is 14.6 Å². The van der Waals surface area contributed by atoms with Gasteiger partial charge in [0.25, 0.3) is 0 Å². The Bertz CT molecular complexity index is 1130. The molecule has 0 aliphatic rings. The van der Waals surface area contributed by atoms with Gasteiger partial charge in [0, 0.05) is 36.1 Å². The van der Waals surface area contributed by atoms with E-state index in [-0.39, 0.29) is 11.7 Å². The van der Waals surface area contributed by atoms with Crippen molar-refractivity contribution >= 4 is 34.3 Å². The number of rotatable bonds is 7. The van der Waals surface area contributed by atoms with Crippen LogP contribution in [-0.2, 0) is 11.3 Å². The van der Waals surface area contributed by atoms with Crippen LogP contribution in [0.5, 0.6) is 5.75 Å². The number of benzene rings is 2. The summed E-state index contributed by atoms with van der Waals surface area (Å²) in [6, 6.07) is 21.7. The average Bonchev–Trinajstić information content (AvgIpc) is 3.16. The third kappa shape index (κ3) is 4.60. The lowest BCUT2D eigenvalue weighted by atomic mass is 10.2. The third-order valence-corrected chi connectivity index (χ3v) is 5.56. The van der Waals surface area contributed by atoms with Crippen molar-refractivity contribution in [3.63, 3.8) is 0 Å². The van der Waals surface area contributed by atoms with Crippen LogP contribution < -0.4 is 10.1 Å². The molecule has 29 heavy (non-hydrogen) atoms. The van der Waals surface area contributed by atoms with Crippen LogP contribution in [0.15, 0.2) is 84.1 Å². The molecule has 1 N–H and O–H groups in total. The Labute approximate surface area is 173 Å². The van der Waals surface area contributed by atoms with Crippen LogP contribution in [0.4, 0.5) is 5.69 Å². The minimum absolute atomic E-state index is 0.0780. The van der Waals surface area contributed by atoms with Crippen LogP contribution in [0.3, 0.4) is 0 Å². The molecule has 0 spiro atoms. The molecule has 4 rings (SSSR count). The molecule has 0 atom stereocenters. The summed E-state index contributed by atoms with van der Waals surface area (Å²) < 4.78 is 7.39. The second-order valence-corrected chi connectivity index (χ2v) is 7.51. The van der Waals surface area contributed by atoms with Crippen molar-refractivity contribution in [1.29, 1.82) is 0 Å². The minimum atomic E-state index is -0.0780.